The predicted octanol–water partition coefficient (Wildman–Crippen LogP) is 0.578. The van der Waals surface area contributed by atoms with Gasteiger partial charge in [0, 0.05) is 0 Å². The Hall–Kier alpha value is -0.340. The Balaban J connectivity index is 2.92. The molecule has 0 aromatic carbocycles. The van der Waals surface area contributed by atoms with Crippen molar-refractivity contribution in [2.45, 2.75) is 0 Å². The average molecular weight is 72.0 g/mol. The fraction of sp³-hybridized carbons (Fsp3) is 0. The molecule has 0 saturated carbocycles. The van der Waals surface area contributed by atoms with E-state index in [4.69, 9.17) is 5.26 Å². The Morgan fingerprint density at radius 3 is 2.25 bits per heavy atom. The first-order valence-electron chi connectivity index (χ1n) is 0.827. The van der Waals surface area contributed by atoms with Crippen LogP contribution in [0.2, 0.25) is 0 Å². The molecular formula is C2H3NP+. The molecule has 1 nitrogen and oxygen atoms in total. The van der Waals surface area contributed by atoms with E-state index in [0.29, 0.717) is 0 Å². The zero-order valence-corrected chi connectivity index (χ0v) is 3.15. The summed E-state index contributed by atoms with van der Waals surface area (Å²) in [6, 6.07) is 0. The van der Waals surface area contributed by atoms with Gasteiger partial charge in [0.2, 0.25) is 0 Å². The molecule has 4 heavy (non-hydrogen) atoms. The highest BCUT2D eigenvalue weighted by Gasteiger charge is 1.52. The minimum absolute atomic E-state index is 0.196. The standard InChI is InChI=1S/C2H2NP/c1-4-2-3/h1H2/p+1. The predicted molar refractivity (Wildman–Crippen MR) is 21.0 cm³/mol. The number of nitrogens with zero attached hydrogens (tertiary/aromatic N) is 1. The van der Waals surface area contributed by atoms with Gasteiger partial charge in [0.05, 0.1) is 6.30 Å². The highest BCUT2D eigenvalue weighted by Crippen LogP contribution is 1.75. The number of hydrogen-bond acceptors (Lipinski definition) is 1. The van der Waals surface area contributed by atoms with Gasteiger partial charge in [0.25, 0.3) is 5.81 Å². The van der Waals surface area contributed by atoms with Crippen LogP contribution < -0.4 is 0 Å². The van der Waals surface area contributed by atoms with Gasteiger partial charge in [0.15, 0.2) is 8.20 Å². The molecule has 1 atom stereocenters. The Bertz CT molecular complexity index is 51.5. The van der Waals surface area contributed by atoms with Crippen LogP contribution in [0.3, 0.4) is 0 Å². The third-order valence-electron chi connectivity index (χ3n) is 0.0791. The summed E-state index contributed by atoms with van der Waals surface area (Å²) in [7, 11) is 0.196. The van der Waals surface area contributed by atoms with Crippen molar-refractivity contribution in [3.63, 3.8) is 0 Å². The maximum absolute atomic E-state index is 7.57. The van der Waals surface area contributed by atoms with Crippen LogP contribution in [0.1, 0.15) is 0 Å². The van der Waals surface area contributed by atoms with E-state index in [1.807, 2.05) is 5.81 Å². The van der Waals surface area contributed by atoms with Gasteiger partial charge in [0.1, 0.15) is 0 Å². The third kappa shape index (κ3) is 1.66. The molecular weight excluding hydrogens is 69.0 g/mol. The zero-order chi connectivity index (χ0) is 3.41. The van der Waals surface area contributed by atoms with Crippen LogP contribution in [0.25, 0.3) is 0 Å². The van der Waals surface area contributed by atoms with Crippen molar-refractivity contribution in [3.05, 3.63) is 0 Å². The van der Waals surface area contributed by atoms with Gasteiger partial charge in [-0.05, 0) is 0 Å². The van der Waals surface area contributed by atoms with Crippen molar-refractivity contribution < 1.29 is 0 Å². The lowest BCUT2D eigenvalue weighted by Crippen LogP contribution is -1.07. The second-order valence-corrected chi connectivity index (χ2v) is 0.866. The van der Waals surface area contributed by atoms with Gasteiger partial charge in [-0.2, -0.15) is 0 Å². The van der Waals surface area contributed by atoms with E-state index in [-0.39, 0.29) is 8.20 Å². The molecule has 1 unspecified atom stereocenters. The lowest BCUT2D eigenvalue weighted by molar-refractivity contribution is 1.57. The smallest absolute Gasteiger partial charge is 0.143 e. The largest absolute Gasteiger partial charge is 0.300 e. The van der Waals surface area contributed by atoms with Gasteiger partial charge < -0.3 is 0 Å². The van der Waals surface area contributed by atoms with E-state index in [1.54, 1.807) is 0 Å². The molecule has 2 heteroatoms. The highest BCUT2D eigenvalue weighted by atomic mass is 31.1. The fourth-order valence-electron chi connectivity index (χ4n) is 0. The molecule has 20 valence electrons. The van der Waals surface area contributed by atoms with E-state index in [1.165, 1.54) is 0 Å². The van der Waals surface area contributed by atoms with E-state index < -0.39 is 0 Å². The van der Waals surface area contributed by atoms with E-state index in [9.17, 15) is 0 Å². The summed E-state index contributed by atoms with van der Waals surface area (Å²) in [4.78, 5) is 0. The Morgan fingerprint density at radius 2 is 2.25 bits per heavy atom. The Kier molecular flexibility index (Phi) is 2.43. The van der Waals surface area contributed by atoms with Gasteiger partial charge >= 0.3 is 0 Å². The van der Waals surface area contributed by atoms with Gasteiger partial charge in [-0.25, -0.2) is 0 Å². The molecule has 0 radical (unpaired) electrons. The second-order valence-electron chi connectivity index (χ2n) is 0.289. The van der Waals surface area contributed by atoms with Crippen LogP contribution >= 0.6 is 8.20 Å². The molecule has 0 saturated heterocycles. The molecule has 0 bridgehead atoms. The van der Waals surface area contributed by atoms with Gasteiger partial charge in [-0.15, -0.1) is 5.26 Å². The number of nitriles is 1. The average Bonchev–Trinajstić information content (AvgIpc) is 1.37. The normalized spacial score (nSPS) is 5.75. The monoisotopic (exact) mass is 72.0 g/mol. The van der Waals surface area contributed by atoms with Crippen molar-refractivity contribution in [2.75, 3.05) is 0 Å². The topological polar surface area (TPSA) is 23.8 Å². The van der Waals surface area contributed by atoms with E-state index in [0.717, 1.165) is 0 Å². The summed E-state index contributed by atoms with van der Waals surface area (Å²) in [5, 5.41) is 7.57. The van der Waals surface area contributed by atoms with E-state index in [2.05, 4.69) is 6.30 Å². The van der Waals surface area contributed by atoms with Gasteiger partial charge in [-0.1, -0.05) is 0 Å². The molecule has 0 amide bonds. The summed E-state index contributed by atoms with van der Waals surface area (Å²) in [5.41, 5.74) is 0. The summed E-state index contributed by atoms with van der Waals surface area (Å²) in [5.74, 6) is 1.85. The molecule has 0 heterocycles. The molecule has 0 fully saturated rings. The minimum atomic E-state index is 0.196. The molecule has 0 spiro atoms. The highest BCUT2D eigenvalue weighted by molar-refractivity contribution is 7.42. The molecule has 0 aromatic heterocycles. The first-order chi connectivity index (χ1) is 1.91. The SMILES string of the molecule is C=[PH+]C#N. The maximum Gasteiger partial charge on any atom is 0.300 e. The van der Waals surface area contributed by atoms with Crippen molar-refractivity contribution in [2.24, 2.45) is 0 Å². The maximum atomic E-state index is 7.57. The molecule has 0 N–H and O–H groups in total. The number of rotatable bonds is 0. The second kappa shape index (κ2) is 2.66. The first-order valence-corrected chi connectivity index (χ1v) is 2.03. The third-order valence-corrected chi connectivity index (χ3v) is 0.237. The fourth-order valence-corrected chi connectivity index (χ4v) is 0. The summed E-state index contributed by atoms with van der Waals surface area (Å²) in [6.07, 6.45) is 3.27. The van der Waals surface area contributed by atoms with Crippen LogP contribution in [0.5, 0.6) is 0 Å². The summed E-state index contributed by atoms with van der Waals surface area (Å²) < 4.78 is 0. The molecule has 0 rings (SSSR count). The van der Waals surface area contributed by atoms with Crippen molar-refractivity contribution >= 4 is 14.5 Å². The van der Waals surface area contributed by atoms with E-state index >= 15 is 0 Å². The van der Waals surface area contributed by atoms with Crippen molar-refractivity contribution in [1.29, 1.82) is 5.26 Å². The molecule has 0 aliphatic heterocycles. The molecule has 0 aliphatic rings. The first kappa shape index (κ1) is 3.66. The summed E-state index contributed by atoms with van der Waals surface area (Å²) in [6.45, 7) is 0. The lowest BCUT2D eigenvalue weighted by Gasteiger charge is -1.13. The van der Waals surface area contributed by atoms with Crippen LogP contribution in [-0.2, 0) is 0 Å². The lowest BCUT2D eigenvalue weighted by atomic mass is 11.8. The summed E-state index contributed by atoms with van der Waals surface area (Å²) >= 11 is 0. The van der Waals surface area contributed by atoms with Crippen LogP contribution in [0, 0.1) is 11.1 Å². The van der Waals surface area contributed by atoms with Crippen molar-refractivity contribution in [3.8, 4) is 5.81 Å². The Labute approximate surface area is 26.7 Å². The molecule has 0 aliphatic carbocycles. The van der Waals surface area contributed by atoms with Crippen LogP contribution in [0.15, 0.2) is 0 Å². The quantitative estimate of drug-likeness (QED) is 0.384. The zero-order valence-electron chi connectivity index (χ0n) is 2.15. The van der Waals surface area contributed by atoms with Gasteiger partial charge in [-0.3, -0.25) is 0 Å². The van der Waals surface area contributed by atoms with Crippen LogP contribution in [0.4, 0.5) is 0 Å². The van der Waals surface area contributed by atoms with Crippen LogP contribution in [-0.4, -0.2) is 6.30 Å². The molecule has 0 aromatic rings. The number of hydrogen-bond donors (Lipinski definition) is 0. The van der Waals surface area contributed by atoms with Crippen molar-refractivity contribution in [1.82, 2.24) is 0 Å². The Morgan fingerprint density at radius 1 is 2.00 bits per heavy atom. The minimum Gasteiger partial charge on any atom is -0.143 e.